The molecule has 0 aromatic heterocycles. The molecule has 0 saturated heterocycles. The fourth-order valence-electron chi connectivity index (χ4n) is 5.76. The van der Waals surface area contributed by atoms with Crippen molar-refractivity contribution in [3.05, 3.63) is 65.8 Å². The Hall–Kier alpha value is -3.89. The number of phenols is 2. The summed E-state index contributed by atoms with van der Waals surface area (Å²) < 4.78 is 11.3. The number of aliphatic hydroxyl groups excluding tert-OH is 1. The van der Waals surface area contributed by atoms with Gasteiger partial charge in [0.1, 0.15) is 23.6 Å². The summed E-state index contributed by atoms with van der Waals surface area (Å²) in [6.45, 7) is 5.22. The van der Waals surface area contributed by atoms with Crippen molar-refractivity contribution in [3.8, 4) is 11.5 Å². The van der Waals surface area contributed by atoms with Crippen LogP contribution >= 0.6 is 0 Å². The van der Waals surface area contributed by atoms with Gasteiger partial charge >= 0.3 is 5.97 Å². The first kappa shape index (κ1) is 36.6. The summed E-state index contributed by atoms with van der Waals surface area (Å²) in [5, 5.41) is 37.8. The second kappa shape index (κ2) is 18.3. The monoisotopic (exact) mass is 638 g/mol. The van der Waals surface area contributed by atoms with Crippen molar-refractivity contribution in [1.82, 2.24) is 5.32 Å². The highest BCUT2D eigenvalue weighted by molar-refractivity contribution is 5.93. The molecule has 46 heavy (non-hydrogen) atoms. The molecule has 5 atom stereocenters. The third kappa shape index (κ3) is 11.2. The smallest absolute Gasteiger partial charge is 0.328 e. The van der Waals surface area contributed by atoms with Crippen LogP contribution in [0.15, 0.2) is 60.2 Å². The number of fused-ring (bicyclic) bond motifs is 2. The zero-order valence-corrected chi connectivity index (χ0v) is 27.4. The SMILES string of the molecule is CO[C@H]1/C=C/C=C/C=C/C[C@H](OC(=O)[C@@H](C)NC(=O)C2CCCCC2)[C@@H](C)[C@@H](O)/C(C)=C/CCc2cc(O)cc(c2O)NC(=O)C1. The van der Waals surface area contributed by atoms with Gasteiger partial charge < -0.3 is 35.4 Å². The Balaban J connectivity index is 1.82. The molecule has 252 valence electrons. The number of carbonyl (C=O) groups excluding carboxylic acids is 3. The average molecular weight is 639 g/mol. The number of esters is 1. The molecule has 1 fully saturated rings. The number of carbonyl (C=O) groups is 3. The zero-order chi connectivity index (χ0) is 33.6. The first-order valence-electron chi connectivity index (χ1n) is 16.2. The lowest BCUT2D eigenvalue weighted by molar-refractivity contribution is -0.156. The Morgan fingerprint density at radius 1 is 1.07 bits per heavy atom. The summed E-state index contributed by atoms with van der Waals surface area (Å²) in [5.74, 6) is -1.90. The minimum absolute atomic E-state index is 0.00853. The quantitative estimate of drug-likeness (QED) is 0.125. The van der Waals surface area contributed by atoms with E-state index in [0.29, 0.717) is 30.4 Å². The molecule has 2 aliphatic rings. The zero-order valence-electron chi connectivity index (χ0n) is 27.4. The van der Waals surface area contributed by atoms with E-state index in [2.05, 4.69) is 10.6 Å². The van der Waals surface area contributed by atoms with Gasteiger partial charge in [-0.3, -0.25) is 9.59 Å². The van der Waals surface area contributed by atoms with Crippen LogP contribution in [0.4, 0.5) is 5.69 Å². The number of hydrogen-bond donors (Lipinski definition) is 5. The van der Waals surface area contributed by atoms with E-state index in [9.17, 15) is 29.7 Å². The number of methoxy groups -OCH3 is 1. The van der Waals surface area contributed by atoms with Gasteiger partial charge in [-0.1, -0.05) is 68.7 Å². The van der Waals surface area contributed by atoms with Gasteiger partial charge in [-0.05, 0) is 56.7 Å². The van der Waals surface area contributed by atoms with Crippen molar-refractivity contribution in [1.29, 1.82) is 0 Å². The molecule has 1 aliphatic carbocycles. The molecule has 0 radical (unpaired) electrons. The van der Waals surface area contributed by atoms with E-state index in [0.717, 1.165) is 32.1 Å². The van der Waals surface area contributed by atoms with Gasteiger partial charge in [-0.25, -0.2) is 4.79 Å². The van der Waals surface area contributed by atoms with Crippen LogP contribution in [0.3, 0.4) is 0 Å². The number of hydrogen-bond acceptors (Lipinski definition) is 8. The third-order valence-corrected chi connectivity index (χ3v) is 8.69. The van der Waals surface area contributed by atoms with E-state index >= 15 is 0 Å². The number of aryl methyl sites for hydroxylation is 1. The Morgan fingerprint density at radius 3 is 2.50 bits per heavy atom. The third-order valence-electron chi connectivity index (χ3n) is 8.69. The summed E-state index contributed by atoms with van der Waals surface area (Å²) in [4.78, 5) is 38.6. The van der Waals surface area contributed by atoms with Crippen LogP contribution in [0.5, 0.6) is 11.5 Å². The minimum Gasteiger partial charge on any atom is -0.508 e. The number of nitrogens with one attached hydrogen (secondary N) is 2. The molecule has 1 aliphatic heterocycles. The van der Waals surface area contributed by atoms with Gasteiger partial charge in [0.25, 0.3) is 0 Å². The first-order chi connectivity index (χ1) is 22.0. The number of benzene rings is 1. The topological polar surface area (TPSA) is 154 Å². The lowest BCUT2D eigenvalue weighted by Crippen LogP contribution is -2.45. The fraction of sp³-hybridized carbons (Fsp3) is 0.528. The van der Waals surface area contributed by atoms with E-state index in [1.54, 1.807) is 44.2 Å². The maximum absolute atomic E-state index is 13.1. The van der Waals surface area contributed by atoms with Crippen LogP contribution in [-0.4, -0.2) is 64.6 Å². The standard InChI is InChI=1S/C36H50N2O8/c1-23-14-13-17-27-20-28(39)21-30(34(27)42)38-32(40)22-29(45-4)18-11-6-5-7-12-19-31(24(2)33(23)41)46-36(44)25(3)37-35(43)26-15-9-8-10-16-26/h5-7,11-12,14,18,20-21,24-26,29,31,33,39,41-42H,8-10,13,15-17,19,22H2,1-4H3,(H,37,43)(H,38,40)/b6-5+,12-7+,18-11+,23-14+/t24-,25-,29+,31+,33+/m1/s1. The number of rotatable bonds is 5. The maximum Gasteiger partial charge on any atom is 0.328 e. The van der Waals surface area contributed by atoms with Crippen molar-refractivity contribution in [2.45, 2.75) is 103 Å². The van der Waals surface area contributed by atoms with Crippen LogP contribution in [0.25, 0.3) is 0 Å². The van der Waals surface area contributed by atoms with Gasteiger partial charge in [0.15, 0.2) is 0 Å². The Kier molecular flexibility index (Phi) is 14.6. The van der Waals surface area contributed by atoms with Crippen LogP contribution in [-0.2, 0) is 30.3 Å². The fourth-order valence-corrected chi connectivity index (χ4v) is 5.76. The molecule has 1 saturated carbocycles. The molecule has 0 spiro atoms. The Bertz CT molecular complexity index is 1310. The van der Waals surface area contributed by atoms with Crippen LogP contribution in [0.1, 0.15) is 77.7 Å². The second-order valence-corrected chi connectivity index (χ2v) is 12.3. The molecule has 1 aromatic carbocycles. The number of phenolic OH excluding ortho intramolecular Hbond substituents is 2. The number of allylic oxidation sites excluding steroid dienone is 5. The molecular formula is C36H50N2O8. The van der Waals surface area contributed by atoms with E-state index in [1.807, 2.05) is 19.1 Å². The van der Waals surface area contributed by atoms with Crippen LogP contribution < -0.4 is 10.6 Å². The molecular weight excluding hydrogens is 588 g/mol. The van der Waals surface area contributed by atoms with Gasteiger partial charge in [-0.2, -0.15) is 0 Å². The summed E-state index contributed by atoms with van der Waals surface area (Å²) >= 11 is 0. The lowest BCUT2D eigenvalue weighted by Gasteiger charge is -2.29. The number of amides is 2. The van der Waals surface area contributed by atoms with Crippen molar-refractivity contribution < 1.29 is 39.2 Å². The number of aliphatic hydroxyl groups is 1. The van der Waals surface area contributed by atoms with Crippen molar-refractivity contribution >= 4 is 23.5 Å². The van der Waals surface area contributed by atoms with Crippen LogP contribution in [0.2, 0.25) is 0 Å². The normalized spacial score (nSPS) is 27.8. The van der Waals surface area contributed by atoms with Crippen molar-refractivity contribution in [3.63, 3.8) is 0 Å². The predicted molar refractivity (Wildman–Crippen MR) is 177 cm³/mol. The summed E-state index contributed by atoms with van der Waals surface area (Å²) in [6, 6.07) is 1.89. The van der Waals surface area contributed by atoms with E-state index in [4.69, 9.17) is 9.47 Å². The summed E-state index contributed by atoms with van der Waals surface area (Å²) in [6.07, 6.45) is 16.2. The molecule has 3 rings (SSSR count). The van der Waals surface area contributed by atoms with Gasteiger partial charge in [0.2, 0.25) is 11.8 Å². The second-order valence-electron chi connectivity index (χ2n) is 12.3. The molecule has 10 heteroatoms. The number of anilines is 1. The average Bonchev–Trinajstić information content (AvgIpc) is 3.04. The predicted octanol–water partition coefficient (Wildman–Crippen LogP) is 5.39. The molecule has 1 heterocycles. The molecule has 0 unspecified atom stereocenters. The Labute approximate surface area is 272 Å². The largest absolute Gasteiger partial charge is 0.508 e. The van der Waals surface area contributed by atoms with Gasteiger partial charge in [0, 0.05) is 31.4 Å². The minimum atomic E-state index is -0.940. The highest BCUT2D eigenvalue weighted by Crippen LogP contribution is 2.34. The molecule has 10 nitrogen and oxygen atoms in total. The molecule has 2 amide bonds. The Morgan fingerprint density at radius 2 is 1.78 bits per heavy atom. The van der Waals surface area contributed by atoms with E-state index < -0.39 is 42.1 Å². The van der Waals surface area contributed by atoms with E-state index in [1.165, 1.54) is 19.2 Å². The number of aromatic hydroxyl groups is 2. The summed E-state index contributed by atoms with van der Waals surface area (Å²) in [5.41, 5.74) is 1.19. The highest BCUT2D eigenvalue weighted by atomic mass is 16.5. The van der Waals surface area contributed by atoms with Crippen molar-refractivity contribution in [2.75, 3.05) is 12.4 Å². The lowest BCUT2D eigenvalue weighted by atomic mass is 9.88. The van der Waals surface area contributed by atoms with Crippen LogP contribution in [0, 0.1) is 11.8 Å². The van der Waals surface area contributed by atoms with Gasteiger partial charge in [-0.15, -0.1) is 0 Å². The first-order valence-corrected chi connectivity index (χ1v) is 16.2. The molecule has 1 aromatic rings. The maximum atomic E-state index is 13.1. The van der Waals surface area contributed by atoms with Crippen molar-refractivity contribution in [2.24, 2.45) is 11.8 Å². The molecule has 2 bridgehead atoms. The van der Waals surface area contributed by atoms with E-state index in [-0.39, 0.29) is 35.4 Å². The molecule has 5 N–H and O–H groups in total. The number of ether oxygens (including phenoxy) is 2. The summed E-state index contributed by atoms with van der Waals surface area (Å²) in [7, 11) is 1.49. The highest BCUT2D eigenvalue weighted by Gasteiger charge is 2.31. The van der Waals surface area contributed by atoms with Gasteiger partial charge in [0.05, 0.1) is 24.3 Å².